The summed E-state index contributed by atoms with van der Waals surface area (Å²) < 4.78 is 7.15. The van der Waals surface area contributed by atoms with Gasteiger partial charge in [0.05, 0.1) is 23.4 Å². The fourth-order valence-corrected chi connectivity index (χ4v) is 2.06. The lowest BCUT2D eigenvalue weighted by atomic mass is 10.2. The van der Waals surface area contributed by atoms with Gasteiger partial charge in [0, 0.05) is 12.0 Å². The van der Waals surface area contributed by atoms with Crippen LogP contribution in [0.25, 0.3) is 11.5 Å². The molecule has 2 heterocycles. The molecule has 0 fully saturated rings. The molecule has 0 atom stereocenters. The number of hydrogen-bond acceptors (Lipinski definition) is 6. The van der Waals surface area contributed by atoms with E-state index >= 15 is 0 Å². The zero-order chi connectivity index (χ0) is 15.5. The van der Waals surface area contributed by atoms with E-state index in [9.17, 15) is 10.1 Å². The third-order valence-corrected chi connectivity index (χ3v) is 3.18. The molecule has 0 spiro atoms. The van der Waals surface area contributed by atoms with Crippen molar-refractivity contribution in [3.8, 4) is 11.5 Å². The molecule has 0 saturated carbocycles. The van der Waals surface area contributed by atoms with Gasteiger partial charge in [0.15, 0.2) is 0 Å². The van der Waals surface area contributed by atoms with Crippen molar-refractivity contribution in [3.05, 3.63) is 58.1 Å². The second-order valence-corrected chi connectivity index (χ2v) is 4.74. The van der Waals surface area contributed by atoms with Crippen LogP contribution in [0.4, 0.5) is 5.82 Å². The molecule has 0 amide bonds. The summed E-state index contributed by atoms with van der Waals surface area (Å²) in [6, 6.07) is 10.9. The summed E-state index contributed by atoms with van der Waals surface area (Å²) in [6.45, 7) is 2.21. The van der Waals surface area contributed by atoms with Gasteiger partial charge in [-0.1, -0.05) is 18.2 Å². The smallest absolute Gasteiger partial charge is 0.390 e. The molecular weight excluding hydrogens is 286 g/mol. The molecule has 0 aliphatic rings. The Morgan fingerprint density at radius 2 is 2.05 bits per heavy atom. The normalized spacial score (nSPS) is 10.8. The lowest BCUT2D eigenvalue weighted by molar-refractivity contribution is -0.389. The summed E-state index contributed by atoms with van der Waals surface area (Å²) in [4.78, 5) is 10.2. The van der Waals surface area contributed by atoms with Gasteiger partial charge in [-0.15, -0.1) is 10.2 Å². The highest BCUT2D eigenvalue weighted by Crippen LogP contribution is 2.17. The molecule has 0 saturated heterocycles. The van der Waals surface area contributed by atoms with Crippen molar-refractivity contribution in [1.29, 1.82) is 0 Å². The Balaban J connectivity index is 1.70. The van der Waals surface area contributed by atoms with Crippen LogP contribution in [0.3, 0.4) is 0 Å². The molecule has 112 valence electrons. The number of nitro groups is 1. The maximum Gasteiger partial charge on any atom is 0.390 e. The van der Waals surface area contributed by atoms with Gasteiger partial charge in [-0.2, -0.15) is 4.68 Å². The monoisotopic (exact) mass is 299 g/mol. The van der Waals surface area contributed by atoms with E-state index in [1.807, 2.05) is 30.3 Å². The van der Waals surface area contributed by atoms with E-state index in [-0.39, 0.29) is 5.82 Å². The van der Waals surface area contributed by atoms with Crippen LogP contribution in [0.2, 0.25) is 0 Å². The number of rotatable bonds is 5. The Hall–Kier alpha value is -3.03. The molecule has 0 radical (unpaired) electrons. The molecule has 0 aliphatic heterocycles. The minimum absolute atomic E-state index is 0.159. The van der Waals surface area contributed by atoms with Gasteiger partial charge in [0.25, 0.3) is 0 Å². The fourth-order valence-electron chi connectivity index (χ4n) is 2.06. The van der Waals surface area contributed by atoms with Crippen LogP contribution in [0.15, 0.2) is 40.8 Å². The average molecular weight is 299 g/mol. The van der Waals surface area contributed by atoms with Crippen molar-refractivity contribution >= 4 is 5.82 Å². The summed E-state index contributed by atoms with van der Waals surface area (Å²) in [6.07, 6.45) is 0.458. The topological polar surface area (TPSA) is 99.9 Å². The Kier molecular flexibility index (Phi) is 3.65. The molecular formula is C14H13N5O3. The van der Waals surface area contributed by atoms with E-state index < -0.39 is 4.92 Å². The van der Waals surface area contributed by atoms with Crippen molar-refractivity contribution in [2.45, 2.75) is 19.9 Å². The van der Waals surface area contributed by atoms with Crippen molar-refractivity contribution in [3.63, 3.8) is 0 Å². The Bertz CT molecular complexity index is 794. The van der Waals surface area contributed by atoms with Crippen molar-refractivity contribution < 1.29 is 9.34 Å². The SMILES string of the molecule is Cc1cc([N+](=O)[O-])nn1CCc1nnc(-c2ccccc2)o1. The number of aromatic nitrogens is 4. The van der Waals surface area contributed by atoms with Crippen LogP contribution in [-0.4, -0.2) is 24.9 Å². The number of aryl methyl sites for hydroxylation is 3. The van der Waals surface area contributed by atoms with Gasteiger partial charge in [0.1, 0.15) is 0 Å². The second-order valence-electron chi connectivity index (χ2n) is 4.74. The minimum atomic E-state index is -0.510. The third kappa shape index (κ3) is 2.85. The van der Waals surface area contributed by atoms with E-state index in [0.29, 0.717) is 24.7 Å². The lowest BCUT2D eigenvalue weighted by Gasteiger charge is -1.96. The Morgan fingerprint density at radius 3 is 2.73 bits per heavy atom. The third-order valence-electron chi connectivity index (χ3n) is 3.18. The molecule has 0 unspecified atom stereocenters. The van der Waals surface area contributed by atoms with Crippen molar-refractivity contribution in [2.24, 2.45) is 0 Å². The summed E-state index contributed by atoms with van der Waals surface area (Å²) in [5, 5.41) is 22.6. The lowest BCUT2D eigenvalue weighted by Crippen LogP contribution is -2.05. The van der Waals surface area contributed by atoms with Crippen LogP contribution in [0.5, 0.6) is 0 Å². The Labute approximate surface area is 125 Å². The summed E-state index contributed by atoms with van der Waals surface area (Å²) >= 11 is 0. The molecule has 8 heteroatoms. The van der Waals surface area contributed by atoms with Gasteiger partial charge in [-0.3, -0.25) is 0 Å². The quantitative estimate of drug-likeness (QED) is 0.529. The fraction of sp³-hybridized carbons (Fsp3) is 0.214. The van der Waals surface area contributed by atoms with Gasteiger partial charge in [-0.25, -0.2) is 0 Å². The second kappa shape index (κ2) is 5.76. The first kappa shape index (κ1) is 13.9. The zero-order valence-corrected chi connectivity index (χ0v) is 11.8. The van der Waals surface area contributed by atoms with Crippen LogP contribution in [0, 0.1) is 17.0 Å². The zero-order valence-electron chi connectivity index (χ0n) is 11.8. The first-order valence-corrected chi connectivity index (χ1v) is 6.70. The number of hydrogen-bond donors (Lipinski definition) is 0. The van der Waals surface area contributed by atoms with Gasteiger partial charge < -0.3 is 14.5 Å². The van der Waals surface area contributed by atoms with Crippen LogP contribution >= 0.6 is 0 Å². The van der Waals surface area contributed by atoms with Crippen LogP contribution in [-0.2, 0) is 13.0 Å². The molecule has 0 aliphatic carbocycles. The first-order valence-electron chi connectivity index (χ1n) is 6.70. The van der Waals surface area contributed by atoms with E-state index in [4.69, 9.17) is 4.42 Å². The van der Waals surface area contributed by atoms with Crippen molar-refractivity contribution in [1.82, 2.24) is 20.0 Å². The molecule has 3 rings (SSSR count). The maximum atomic E-state index is 10.7. The standard InChI is InChI=1S/C14H13N5O3/c1-10-9-12(19(20)21)17-18(10)8-7-13-15-16-14(22-13)11-5-3-2-4-6-11/h2-6,9H,7-8H2,1H3. The summed E-state index contributed by atoms with van der Waals surface area (Å²) in [5.41, 5.74) is 1.57. The summed E-state index contributed by atoms with van der Waals surface area (Å²) in [5.74, 6) is 0.767. The van der Waals surface area contributed by atoms with E-state index in [0.717, 1.165) is 11.3 Å². The molecule has 0 N–H and O–H groups in total. The highest BCUT2D eigenvalue weighted by Gasteiger charge is 2.16. The van der Waals surface area contributed by atoms with Crippen LogP contribution < -0.4 is 0 Å². The van der Waals surface area contributed by atoms with Gasteiger partial charge in [-0.05, 0) is 24.0 Å². The molecule has 22 heavy (non-hydrogen) atoms. The molecule has 8 nitrogen and oxygen atoms in total. The highest BCUT2D eigenvalue weighted by molar-refractivity contribution is 5.51. The Morgan fingerprint density at radius 1 is 1.27 bits per heavy atom. The molecule has 3 aromatic rings. The van der Waals surface area contributed by atoms with Crippen LogP contribution in [0.1, 0.15) is 11.6 Å². The highest BCUT2D eigenvalue weighted by atomic mass is 16.6. The van der Waals surface area contributed by atoms with E-state index in [2.05, 4.69) is 15.3 Å². The van der Waals surface area contributed by atoms with E-state index in [1.165, 1.54) is 6.07 Å². The average Bonchev–Trinajstić information content (AvgIpc) is 3.13. The minimum Gasteiger partial charge on any atom is -0.421 e. The van der Waals surface area contributed by atoms with Gasteiger partial charge in [0.2, 0.25) is 11.8 Å². The maximum absolute atomic E-state index is 10.7. The molecule has 2 aromatic heterocycles. The predicted octanol–water partition coefficient (Wildman–Crippen LogP) is 2.39. The first-order chi connectivity index (χ1) is 10.6. The molecule has 0 bridgehead atoms. The largest absolute Gasteiger partial charge is 0.421 e. The predicted molar refractivity (Wildman–Crippen MR) is 77.1 cm³/mol. The number of nitrogens with zero attached hydrogens (tertiary/aromatic N) is 5. The van der Waals surface area contributed by atoms with Gasteiger partial charge >= 0.3 is 5.82 Å². The summed E-state index contributed by atoms with van der Waals surface area (Å²) in [7, 11) is 0. The number of benzene rings is 1. The van der Waals surface area contributed by atoms with E-state index in [1.54, 1.807) is 11.6 Å². The van der Waals surface area contributed by atoms with Crippen molar-refractivity contribution in [2.75, 3.05) is 0 Å². The molecule has 1 aromatic carbocycles.